The van der Waals surface area contributed by atoms with Gasteiger partial charge in [0.15, 0.2) is 0 Å². The fraction of sp³-hybridized carbons (Fsp3) is 0.0769. The van der Waals surface area contributed by atoms with Gasteiger partial charge in [-0.1, -0.05) is 0 Å². The third-order valence-electron chi connectivity index (χ3n) is 2.74. The van der Waals surface area contributed by atoms with Gasteiger partial charge in [0.1, 0.15) is 0 Å². The number of aromatic carboxylic acids is 1. The highest BCUT2D eigenvalue weighted by molar-refractivity contribution is 6.29. The first-order valence-corrected chi connectivity index (χ1v) is 5.54. The van der Waals surface area contributed by atoms with E-state index >= 15 is 0 Å². The van der Waals surface area contributed by atoms with Crippen molar-refractivity contribution in [3.63, 3.8) is 0 Å². The van der Waals surface area contributed by atoms with E-state index in [-0.39, 0.29) is 23.2 Å². The molecule has 1 aliphatic rings. The highest BCUT2D eigenvalue weighted by atomic mass is 16.4. The van der Waals surface area contributed by atoms with E-state index in [1.165, 1.54) is 24.3 Å². The first-order valence-electron chi connectivity index (χ1n) is 5.54. The Bertz CT molecular complexity index is 643. The van der Waals surface area contributed by atoms with E-state index in [4.69, 9.17) is 10.2 Å². The number of anilines is 1. The highest BCUT2D eigenvalue weighted by Gasteiger charge is 2.35. The van der Waals surface area contributed by atoms with Gasteiger partial charge in [-0.15, -0.1) is 0 Å². The van der Waals surface area contributed by atoms with Gasteiger partial charge < -0.3 is 10.2 Å². The Kier molecular flexibility index (Phi) is 3.34. The van der Waals surface area contributed by atoms with Crippen molar-refractivity contribution >= 4 is 29.4 Å². The van der Waals surface area contributed by atoms with Crippen molar-refractivity contribution in [2.45, 2.75) is 6.42 Å². The average molecular weight is 275 g/mol. The molecule has 0 saturated carbocycles. The Morgan fingerprint density at radius 3 is 2.20 bits per heavy atom. The molecule has 0 radical (unpaired) electrons. The molecule has 0 aliphatic carbocycles. The molecule has 7 heteroatoms. The van der Waals surface area contributed by atoms with Crippen LogP contribution in [0.1, 0.15) is 16.8 Å². The fourth-order valence-corrected chi connectivity index (χ4v) is 1.85. The topological polar surface area (TPSA) is 112 Å². The molecular formula is C13H9NO6. The van der Waals surface area contributed by atoms with Crippen LogP contribution in [0.15, 0.2) is 35.9 Å². The molecule has 0 aromatic heterocycles. The van der Waals surface area contributed by atoms with Gasteiger partial charge in [-0.2, -0.15) is 0 Å². The van der Waals surface area contributed by atoms with Crippen LogP contribution in [-0.2, 0) is 14.4 Å². The maximum atomic E-state index is 11.9. The van der Waals surface area contributed by atoms with Crippen LogP contribution in [0.5, 0.6) is 0 Å². The zero-order valence-electron chi connectivity index (χ0n) is 10.1. The fourth-order valence-electron chi connectivity index (χ4n) is 1.85. The monoisotopic (exact) mass is 275 g/mol. The summed E-state index contributed by atoms with van der Waals surface area (Å²) in [7, 11) is 0. The normalized spacial score (nSPS) is 16.8. The Morgan fingerprint density at radius 1 is 1.10 bits per heavy atom. The summed E-state index contributed by atoms with van der Waals surface area (Å²) < 4.78 is 0. The lowest BCUT2D eigenvalue weighted by Crippen LogP contribution is -2.29. The van der Waals surface area contributed by atoms with Crippen LogP contribution >= 0.6 is 0 Å². The van der Waals surface area contributed by atoms with Gasteiger partial charge in [-0.3, -0.25) is 9.59 Å². The number of carbonyl (C=O) groups excluding carboxylic acids is 2. The molecule has 7 nitrogen and oxygen atoms in total. The molecule has 2 rings (SSSR count). The number of rotatable bonds is 3. The molecule has 0 unspecified atom stereocenters. The number of amides is 2. The van der Waals surface area contributed by atoms with E-state index in [1.807, 2.05) is 0 Å². The number of carboxylic acids is 2. The van der Waals surface area contributed by atoms with Crippen molar-refractivity contribution in [1.82, 2.24) is 0 Å². The lowest BCUT2D eigenvalue weighted by atomic mass is 10.2. The molecule has 1 aromatic carbocycles. The lowest BCUT2D eigenvalue weighted by molar-refractivity contribution is -0.131. The maximum absolute atomic E-state index is 11.9. The zero-order chi connectivity index (χ0) is 14.9. The SMILES string of the molecule is O=C(O)/C=C1\CC(=O)N(c2ccc(C(=O)O)cc2)C1=O. The van der Waals surface area contributed by atoms with E-state index in [1.54, 1.807) is 0 Å². The number of carboxylic acid groups (broad SMARTS) is 2. The molecule has 0 bridgehead atoms. The van der Waals surface area contributed by atoms with E-state index < -0.39 is 23.8 Å². The minimum Gasteiger partial charge on any atom is -0.478 e. The molecule has 2 N–H and O–H groups in total. The molecule has 1 fully saturated rings. The highest BCUT2D eigenvalue weighted by Crippen LogP contribution is 2.26. The van der Waals surface area contributed by atoms with Gasteiger partial charge in [0, 0.05) is 11.6 Å². The summed E-state index contributed by atoms with van der Waals surface area (Å²) in [5, 5.41) is 17.4. The molecular weight excluding hydrogens is 266 g/mol. The zero-order valence-corrected chi connectivity index (χ0v) is 10.1. The van der Waals surface area contributed by atoms with E-state index in [2.05, 4.69) is 0 Å². The largest absolute Gasteiger partial charge is 0.478 e. The van der Waals surface area contributed by atoms with Gasteiger partial charge in [0.25, 0.3) is 5.91 Å². The maximum Gasteiger partial charge on any atom is 0.335 e. The van der Waals surface area contributed by atoms with Crippen LogP contribution in [0, 0.1) is 0 Å². The second-order valence-corrected chi connectivity index (χ2v) is 4.07. The van der Waals surface area contributed by atoms with Crippen molar-refractivity contribution in [2.75, 3.05) is 4.90 Å². The second kappa shape index (κ2) is 4.96. The Labute approximate surface area is 112 Å². The summed E-state index contributed by atoms with van der Waals surface area (Å²) in [6.45, 7) is 0. The number of aliphatic carboxylic acids is 1. The van der Waals surface area contributed by atoms with Crippen molar-refractivity contribution in [3.8, 4) is 0 Å². The molecule has 0 spiro atoms. The van der Waals surface area contributed by atoms with E-state index in [0.29, 0.717) is 6.08 Å². The standard InChI is InChI=1S/C13H9NO6/c15-10-5-8(6-11(16)17)12(18)14(10)9-3-1-7(2-4-9)13(19)20/h1-4,6H,5H2,(H,16,17)(H,19,20)/b8-6+. The number of benzene rings is 1. The van der Waals surface area contributed by atoms with Crippen LogP contribution < -0.4 is 4.90 Å². The predicted molar refractivity (Wildman–Crippen MR) is 66.2 cm³/mol. The molecule has 1 aliphatic heterocycles. The van der Waals surface area contributed by atoms with Crippen LogP contribution in [0.25, 0.3) is 0 Å². The first-order chi connectivity index (χ1) is 9.40. The second-order valence-electron chi connectivity index (χ2n) is 4.07. The molecule has 2 amide bonds. The number of imide groups is 1. The summed E-state index contributed by atoms with van der Waals surface area (Å²) in [5.41, 5.74) is 0.123. The third kappa shape index (κ3) is 2.41. The van der Waals surface area contributed by atoms with Gasteiger partial charge in [0.2, 0.25) is 5.91 Å². The number of hydrogen-bond acceptors (Lipinski definition) is 4. The van der Waals surface area contributed by atoms with Crippen LogP contribution in [0.4, 0.5) is 5.69 Å². The van der Waals surface area contributed by atoms with Crippen molar-refractivity contribution in [3.05, 3.63) is 41.5 Å². The van der Waals surface area contributed by atoms with Crippen LogP contribution in [0.2, 0.25) is 0 Å². The lowest BCUT2D eigenvalue weighted by Gasteiger charge is -2.13. The van der Waals surface area contributed by atoms with E-state index in [0.717, 1.165) is 4.90 Å². The third-order valence-corrected chi connectivity index (χ3v) is 2.74. The summed E-state index contributed by atoms with van der Waals surface area (Å²) >= 11 is 0. The smallest absolute Gasteiger partial charge is 0.335 e. The van der Waals surface area contributed by atoms with Crippen LogP contribution in [0.3, 0.4) is 0 Å². The summed E-state index contributed by atoms with van der Waals surface area (Å²) in [4.78, 5) is 45.8. The molecule has 1 heterocycles. The van der Waals surface area contributed by atoms with Gasteiger partial charge in [-0.25, -0.2) is 14.5 Å². The average Bonchev–Trinajstić information content (AvgIpc) is 2.64. The van der Waals surface area contributed by atoms with Crippen molar-refractivity contribution < 1.29 is 29.4 Å². The van der Waals surface area contributed by atoms with Gasteiger partial charge in [0.05, 0.1) is 17.7 Å². The summed E-state index contributed by atoms with van der Waals surface area (Å²) in [5.74, 6) is -3.68. The Morgan fingerprint density at radius 2 is 1.70 bits per heavy atom. The summed E-state index contributed by atoms with van der Waals surface area (Å²) in [6.07, 6.45) is 0.414. The van der Waals surface area contributed by atoms with Crippen molar-refractivity contribution in [1.29, 1.82) is 0 Å². The van der Waals surface area contributed by atoms with E-state index in [9.17, 15) is 19.2 Å². The minimum absolute atomic E-state index is 0.0224. The Balaban J connectivity index is 2.33. The predicted octanol–water partition coefficient (Wildman–Crippen LogP) is 0.659. The number of nitrogens with zero attached hydrogens (tertiary/aromatic N) is 1. The number of carbonyl (C=O) groups is 4. The molecule has 20 heavy (non-hydrogen) atoms. The Hall–Kier alpha value is -2.96. The molecule has 102 valence electrons. The molecule has 1 aromatic rings. The summed E-state index contributed by atoms with van der Waals surface area (Å²) in [6, 6.07) is 5.17. The minimum atomic E-state index is -1.30. The van der Waals surface area contributed by atoms with Crippen molar-refractivity contribution in [2.24, 2.45) is 0 Å². The quantitative estimate of drug-likeness (QED) is 0.619. The molecule has 1 saturated heterocycles. The van der Waals surface area contributed by atoms with Crippen LogP contribution in [-0.4, -0.2) is 34.0 Å². The van der Waals surface area contributed by atoms with Gasteiger partial charge in [-0.05, 0) is 24.3 Å². The first kappa shape index (κ1) is 13.5. The van der Waals surface area contributed by atoms with Gasteiger partial charge >= 0.3 is 11.9 Å². The number of hydrogen-bond donors (Lipinski definition) is 2. The molecule has 0 atom stereocenters.